The highest BCUT2D eigenvalue weighted by Gasteiger charge is 2.42. The molecule has 1 aliphatic heterocycles. The Morgan fingerprint density at radius 3 is 2.68 bits per heavy atom. The maximum Gasteiger partial charge on any atom is 0.270 e. The third-order valence-corrected chi connectivity index (χ3v) is 6.50. The zero-order chi connectivity index (χ0) is 19.0. The molecule has 1 saturated heterocycles. The molecule has 3 aromatic rings. The first-order valence-electron chi connectivity index (χ1n) is 9.62. The molecule has 28 heavy (non-hydrogen) atoms. The first-order valence-corrected chi connectivity index (χ1v) is 10.5. The Morgan fingerprint density at radius 2 is 1.93 bits per heavy atom. The van der Waals surface area contributed by atoms with E-state index < -0.39 is 5.41 Å². The van der Waals surface area contributed by atoms with Gasteiger partial charge in [0.25, 0.3) is 5.89 Å². The molecule has 2 fully saturated rings. The Kier molecular flexibility index (Phi) is 4.49. The number of aromatic nitrogens is 2. The molecule has 1 saturated carbocycles. The number of ether oxygens (including phenoxy) is 1. The molecule has 144 valence electrons. The largest absolute Gasteiger partial charge is 0.381 e. The van der Waals surface area contributed by atoms with Gasteiger partial charge in [-0.3, -0.25) is 4.79 Å². The molecule has 0 unspecified atom stereocenters. The van der Waals surface area contributed by atoms with Gasteiger partial charge in [0, 0.05) is 19.1 Å². The van der Waals surface area contributed by atoms with Crippen molar-refractivity contribution in [3.63, 3.8) is 0 Å². The number of anilines is 1. The van der Waals surface area contributed by atoms with Gasteiger partial charge in [-0.15, -0.1) is 11.3 Å². The topological polar surface area (TPSA) is 77.3 Å². The highest BCUT2D eigenvalue weighted by Crippen LogP contribution is 2.41. The van der Waals surface area contributed by atoms with Crippen LogP contribution in [-0.2, 0) is 14.9 Å². The van der Waals surface area contributed by atoms with Crippen LogP contribution in [0.3, 0.4) is 0 Å². The van der Waals surface area contributed by atoms with Crippen molar-refractivity contribution in [3.8, 4) is 10.8 Å². The van der Waals surface area contributed by atoms with Crippen LogP contribution in [0, 0.1) is 0 Å². The molecular formula is C21H21N3O3S. The van der Waals surface area contributed by atoms with E-state index in [0.29, 0.717) is 37.9 Å². The Labute approximate surface area is 166 Å². The average molecular weight is 395 g/mol. The van der Waals surface area contributed by atoms with Gasteiger partial charge in [0.15, 0.2) is 5.82 Å². The minimum Gasteiger partial charge on any atom is -0.381 e. The summed E-state index contributed by atoms with van der Waals surface area (Å²) < 4.78 is 11.0. The summed E-state index contributed by atoms with van der Waals surface area (Å²) in [6.45, 7) is 1.15. The molecule has 2 aliphatic rings. The van der Waals surface area contributed by atoms with Gasteiger partial charge in [-0.25, -0.2) is 0 Å². The van der Waals surface area contributed by atoms with Gasteiger partial charge in [0.05, 0.1) is 11.1 Å². The van der Waals surface area contributed by atoms with E-state index in [4.69, 9.17) is 9.26 Å². The number of nitrogens with one attached hydrogen (secondary N) is 1. The van der Waals surface area contributed by atoms with Crippen molar-refractivity contribution in [3.05, 3.63) is 53.2 Å². The molecular weight excluding hydrogens is 374 g/mol. The van der Waals surface area contributed by atoms with Gasteiger partial charge >= 0.3 is 0 Å². The fourth-order valence-corrected chi connectivity index (χ4v) is 4.54. The van der Waals surface area contributed by atoms with E-state index in [1.54, 1.807) is 0 Å². The lowest BCUT2D eigenvalue weighted by Gasteiger charge is -2.36. The van der Waals surface area contributed by atoms with Crippen molar-refractivity contribution in [2.75, 3.05) is 18.5 Å². The second kappa shape index (κ2) is 7.14. The first-order chi connectivity index (χ1) is 13.8. The van der Waals surface area contributed by atoms with E-state index in [2.05, 4.69) is 15.5 Å². The minimum atomic E-state index is -0.591. The van der Waals surface area contributed by atoms with Crippen molar-refractivity contribution in [2.45, 2.75) is 37.0 Å². The number of carbonyl (C=O) groups is 1. The average Bonchev–Trinajstić information content (AvgIpc) is 3.30. The lowest BCUT2D eigenvalue weighted by molar-refractivity contribution is -0.125. The molecule has 0 radical (unpaired) electrons. The normalized spacial score (nSPS) is 18.7. The standard InChI is InChI=1S/C21H21N3O3S/c25-20(21(9-11-26-12-10-21)15-4-2-1-3-5-15)22-16-8-13-28-17(16)19-23-18(24-27-19)14-6-7-14/h1-5,8,13-14H,6-7,9-12H2,(H,22,25). The highest BCUT2D eigenvalue weighted by molar-refractivity contribution is 7.14. The Morgan fingerprint density at radius 1 is 1.14 bits per heavy atom. The van der Waals surface area contributed by atoms with Crippen molar-refractivity contribution in [2.24, 2.45) is 0 Å². The molecule has 5 rings (SSSR count). The van der Waals surface area contributed by atoms with Crippen LogP contribution in [0.4, 0.5) is 5.69 Å². The van der Waals surface area contributed by atoms with E-state index in [0.717, 1.165) is 34.8 Å². The molecule has 6 nitrogen and oxygen atoms in total. The van der Waals surface area contributed by atoms with Crippen molar-refractivity contribution < 1.29 is 14.1 Å². The fourth-order valence-electron chi connectivity index (χ4n) is 3.77. The van der Waals surface area contributed by atoms with Gasteiger partial charge in [-0.2, -0.15) is 4.98 Å². The molecule has 7 heteroatoms. The first kappa shape index (κ1) is 17.6. The summed E-state index contributed by atoms with van der Waals surface area (Å²) in [7, 11) is 0. The van der Waals surface area contributed by atoms with E-state index >= 15 is 0 Å². The molecule has 1 aliphatic carbocycles. The number of benzene rings is 1. The monoisotopic (exact) mass is 395 g/mol. The summed E-state index contributed by atoms with van der Waals surface area (Å²) in [5.74, 6) is 1.67. The van der Waals surface area contributed by atoms with Crippen LogP contribution in [0.2, 0.25) is 0 Å². The Bertz CT molecular complexity index is 972. The number of carbonyl (C=O) groups excluding carboxylic acids is 1. The summed E-state index contributed by atoms with van der Waals surface area (Å²) in [6.07, 6.45) is 3.56. The third kappa shape index (κ3) is 3.14. The maximum absolute atomic E-state index is 13.5. The molecule has 2 aromatic heterocycles. The molecule has 1 aromatic carbocycles. The van der Waals surface area contributed by atoms with Crippen molar-refractivity contribution >= 4 is 22.9 Å². The SMILES string of the molecule is O=C(Nc1ccsc1-c1nc(C2CC2)no1)C1(c2ccccc2)CCOCC1. The second-order valence-electron chi connectivity index (χ2n) is 7.41. The Balaban J connectivity index is 1.43. The van der Waals surface area contributed by atoms with Gasteiger partial charge in [0.2, 0.25) is 5.91 Å². The van der Waals surface area contributed by atoms with Crippen LogP contribution in [0.15, 0.2) is 46.3 Å². The Hall–Kier alpha value is -2.51. The highest BCUT2D eigenvalue weighted by atomic mass is 32.1. The van der Waals surface area contributed by atoms with Crippen LogP contribution >= 0.6 is 11.3 Å². The van der Waals surface area contributed by atoms with Crippen LogP contribution < -0.4 is 5.32 Å². The molecule has 0 atom stereocenters. The summed E-state index contributed by atoms with van der Waals surface area (Å²) in [6, 6.07) is 11.9. The molecule has 3 heterocycles. The van der Waals surface area contributed by atoms with Gasteiger partial charge in [-0.05, 0) is 42.7 Å². The van der Waals surface area contributed by atoms with Gasteiger partial charge in [0.1, 0.15) is 4.88 Å². The minimum absolute atomic E-state index is 0.0106. The molecule has 0 bridgehead atoms. The maximum atomic E-state index is 13.5. The fraction of sp³-hybridized carbons (Fsp3) is 0.381. The van der Waals surface area contributed by atoms with Crippen LogP contribution in [0.25, 0.3) is 10.8 Å². The predicted octanol–water partition coefficient (Wildman–Crippen LogP) is 4.36. The number of thiophene rings is 1. The van der Waals surface area contributed by atoms with Crippen molar-refractivity contribution in [1.29, 1.82) is 0 Å². The quantitative estimate of drug-likeness (QED) is 0.694. The van der Waals surface area contributed by atoms with Crippen LogP contribution in [0.5, 0.6) is 0 Å². The van der Waals surface area contributed by atoms with Gasteiger partial charge < -0.3 is 14.6 Å². The van der Waals surface area contributed by atoms with E-state index in [9.17, 15) is 4.79 Å². The zero-order valence-corrected chi connectivity index (χ0v) is 16.2. The van der Waals surface area contributed by atoms with E-state index in [1.807, 2.05) is 41.8 Å². The van der Waals surface area contributed by atoms with Gasteiger partial charge in [-0.1, -0.05) is 35.5 Å². The number of nitrogens with zero attached hydrogens (tertiary/aromatic N) is 2. The third-order valence-electron chi connectivity index (χ3n) is 5.60. The van der Waals surface area contributed by atoms with E-state index in [1.165, 1.54) is 11.3 Å². The second-order valence-corrected chi connectivity index (χ2v) is 8.33. The molecule has 0 spiro atoms. The number of hydrogen-bond donors (Lipinski definition) is 1. The van der Waals surface area contributed by atoms with Crippen LogP contribution in [-0.4, -0.2) is 29.3 Å². The van der Waals surface area contributed by atoms with Crippen LogP contribution in [0.1, 0.15) is 43.0 Å². The summed E-state index contributed by atoms with van der Waals surface area (Å²) in [5, 5.41) is 9.17. The van der Waals surface area contributed by atoms with E-state index in [-0.39, 0.29) is 5.91 Å². The predicted molar refractivity (Wildman–Crippen MR) is 106 cm³/mol. The van der Waals surface area contributed by atoms with Crippen molar-refractivity contribution in [1.82, 2.24) is 10.1 Å². The molecule has 1 N–H and O–H groups in total. The summed E-state index contributed by atoms with van der Waals surface area (Å²) >= 11 is 1.50. The zero-order valence-electron chi connectivity index (χ0n) is 15.4. The smallest absolute Gasteiger partial charge is 0.270 e. The summed E-state index contributed by atoms with van der Waals surface area (Å²) in [5.41, 5.74) is 1.16. The number of amides is 1. The number of rotatable bonds is 5. The molecule has 1 amide bonds. The lowest BCUT2D eigenvalue weighted by atomic mass is 9.73. The lowest BCUT2D eigenvalue weighted by Crippen LogP contribution is -2.44. The summed E-state index contributed by atoms with van der Waals surface area (Å²) in [4.78, 5) is 18.8. The number of hydrogen-bond acceptors (Lipinski definition) is 6.